The molecular weight excluding hydrogens is 450 g/mol. The summed E-state index contributed by atoms with van der Waals surface area (Å²) in [5.74, 6) is 1.40. The van der Waals surface area contributed by atoms with Crippen LogP contribution in [0, 0.1) is 11.3 Å². The summed E-state index contributed by atoms with van der Waals surface area (Å²) >= 11 is 0. The number of hydrogen-bond donors (Lipinski definition) is 0. The molecule has 3 aromatic rings. The lowest BCUT2D eigenvalue weighted by Gasteiger charge is -2.23. The highest BCUT2D eigenvalue weighted by atomic mass is 32.2. The summed E-state index contributed by atoms with van der Waals surface area (Å²) in [6, 6.07) is 17.5. The first-order valence-corrected chi connectivity index (χ1v) is 13.3. The van der Waals surface area contributed by atoms with Crippen LogP contribution in [0.1, 0.15) is 35.4 Å². The van der Waals surface area contributed by atoms with Crippen molar-refractivity contribution in [2.24, 2.45) is 0 Å². The molecule has 2 heterocycles. The van der Waals surface area contributed by atoms with Gasteiger partial charge in [0.15, 0.2) is 0 Å². The van der Waals surface area contributed by atoms with E-state index in [4.69, 9.17) is 14.5 Å². The lowest BCUT2D eigenvalue weighted by atomic mass is 10.1. The van der Waals surface area contributed by atoms with E-state index in [9.17, 15) is 13.7 Å². The molecule has 0 amide bonds. The maximum absolute atomic E-state index is 11.4. The molecule has 4 rings (SSSR count). The molecule has 1 aliphatic heterocycles. The predicted molar refractivity (Wildman–Crippen MR) is 129 cm³/mol. The van der Waals surface area contributed by atoms with Gasteiger partial charge in [0.05, 0.1) is 30.2 Å². The number of rotatable bonds is 8. The number of ether oxygens (including phenoxy) is 2. The van der Waals surface area contributed by atoms with E-state index in [0.717, 1.165) is 35.2 Å². The first-order chi connectivity index (χ1) is 16.4. The van der Waals surface area contributed by atoms with Crippen molar-refractivity contribution in [2.75, 3.05) is 25.2 Å². The Morgan fingerprint density at radius 1 is 1.09 bits per heavy atom. The second-order valence-corrected chi connectivity index (χ2v) is 10.7. The van der Waals surface area contributed by atoms with Crippen LogP contribution in [0.25, 0.3) is 11.3 Å². The summed E-state index contributed by atoms with van der Waals surface area (Å²) < 4.78 is 34.1. The summed E-state index contributed by atoms with van der Waals surface area (Å²) in [6.45, 7) is 1.36. The molecule has 1 aromatic heterocycles. The van der Waals surface area contributed by atoms with Crippen molar-refractivity contribution < 1.29 is 17.9 Å². The molecule has 8 heteroatoms. The number of nitriles is 1. The third-order valence-electron chi connectivity index (χ3n) is 5.71. The van der Waals surface area contributed by atoms with Crippen molar-refractivity contribution in [3.05, 3.63) is 77.2 Å². The van der Waals surface area contributed by atoms with E-state index >= 15 is 0 Å². The van der Waals surface area contributed by atoms with E-state index in [1.807, 2.05) is 42.5 Å². The van der Waals surface area contributed by atoms with Crippen LogP contribution in [0.3, 0.4) is 0 Å². The fourth-order valence-electron chi connectivity index (χ4n) is 3.81. The predicted octanol–water partition coefficient (Wildman–Crippen LogP) is 3.75. The molecule has 0 N–H and O–H groups in total. The van der Waals surface area contributed by atoms with Gasteiger partial charge in [0.2, 0.25) is 0 Å². The highest BCUT2D eigenvalue weighted by Crippen LogP contribution is 2.27. The Bertz CT molecular complexity index is 1280. The zero-order valence-corrected chi connectivity index (χ0v) is 19.9. The van der Waals surface area contributed by atoms with Gasteiger partial charge in [0.1, 0.15) is 33.6 Å². The Labute approximate surface area is 200 Å². The molecule has 1 saturated heterocycles. The van der Waals surface area contributed by atoms with Crippen LogP contribution in [0.5, 0.6) is 5.75 Å². The molecule has 0 bridgehead atoms. The Balaban J connectivity index is 1.46. The molecule has 0 radical (unpaired) electrons. The van der Waals surface area contributed by atoms with Crippen LogP contribution < -0.4 is 4.74 Å². The standard InChI is InChI=1S/C26H27N3O4S/c1-34(30,31)15-11-19-2-4-20(5-3-19)16-26-28-12-8-24(29-26)21-6-7-25(22(17-21)18-27)33-23-9-13-32-14-10-23/h2-8,12,17,23H,9-11,13-16H2,1H3. The normalized spacial score (nSPS) is 14.5. The molecule has 0 atom stereocenters. The minimum Gasteiger partial charge on any atom is -0.489 e. The fraction of sp³-hybridized carbons (Fsp3) is 0.346. The zero-order valence-electron chi connectivity index (χ0n) is 19.1. The lowest BCUT2D eigenvalue weighted by Crippen LogP contribution is -2.26. The fourth-order valence-corrected chi connectivity index (χ4v) is 4.41. The van der Waals surface area contributed by atoms with Crippen molar-refractivity contribution in [3.63, 3.8) is 0 Å². The molecule has 0 unspecified atom stereocenters. The summed E-state index contributed by atoms with van der Waals surface area (Å²) in [5, 5.41) is 9.65. The maximum atomic E-state index is 11.4. The van der Waals surface area contributed by atoms with E-state index in [1.165, 1.54) is 6.26 Å². The van der Waals surface area contributed by atoms with Gasteiger partial charge < -0.3 is 9.47 Å². The molecule has 2 aromatic carbocycles. The number of hydrogen-bond acceptors (Lipinski definition) is 7. The van der Waals surface area contributed by atoms with Gasteiger partial charge in [-0.2, -0.15) is 5.26 Å². The Morgan fingerprint density at radius 2 is 1.82 bits per heavy atom. The average Bonchev–Trinajstić information content (AvgIpc) is 2.84. The maximum Gasteiger partial charge on any atom is 0.147 e. The van der Waals surface area contributed by atoms with E-state index < -0.39 is 9.84 Å². The van der Waals surface area contributed by atoms with Gasteiger partial charge in [-0.25, -0.2) is 18.4 Å². The van der Waals surface area contributed by atoms with Crippen molar-refractivity contribution in [1.29, 1.82) is 5.26 Å². The molecular formula is C26H27N3O4S. The van der Waals surface area contributed by atoms with Crippen molar-refractivity contribution in [3.8, 4) is 23.1 Å². The molecule has 0 spiro atoms. The van der Waals surface area contributed by atoms with Crippen molar-refractivity contribution in [2.45, 2.75) is 31.8 Å². The summed E-state index contributed by atoms with van der Waals surface area (Å²) in [6.07, 6.45) is 5.72. The Hall–Kier alpha value is -3.28. The van der Waals surface area contributed by atoms with Gasteiger partial charge in [-0.05, 0) is 41.8 Å². The molecule has 1 fully saturated rings. The number of benzene rings is 2. The van der Waals surface area contributed by atoms with Crippen LogP contribution in [-0.2, 0) is 27.4 Å². The van der Waals surface area contributed by atoms with E-state index in [0.29, 0.717) is 43.2 Å². The SMILES string of the molecule is CS(=O)(=O)CCc1ccc(Cc2nccc(-c3ccc(OC4CCOCC4)c(C#N)c3)n2)cc1. The van der Waals surface area contributed by atoms with Gasteiger partial charge in [-0.15, -0.1) is 0 Å². The van der Waals surface area contributed by atoms with E-state index in [2.05, 4.69) is 11.1 Å². The van der Waals surface area contributed by atoms with Crippen LogP contribution >= 0.6 is 0 Å². The lowest BCUT2D eigenvalue weighted by molar-refractivity contribution is 0.0254. The number of aromatic nitrogens is 2. The highest BCUT2D eigenvalue weighted by molar-refractivity contribution is 7.90. The van der Waals surface area contributed by atoms with E-state index in [1.54, 1.807) is 12.3 Å². The van der Waals surface area contributed by atoms with Gasteiger partial charge in [-0.1, -0.05) is 24.3 Å². The largest absolute Gasteiger partial charge is 0.489 e. The van der Waals surface area contributed by atoms with E-state index in [-0.39, 0.29) is 11.9 Å². The third kappa shape index (κ3) is 6.62. The Morgan fingerprint density at radius 3 is 2.53 bits per heavy atom. The molecule has 1 aliphatic rings. The molecule has 7 nitrogen and oxygen atoms in total. The minimum atomic E-state index is -2.98. The van der Waals surface area contributed by atoms with Crippen molar-refractivity contribution >= 4 is 9.84 Å². The van der Waals surface area contributed by atoms with Gasteiger partial charge in [0, 0.05) is 37.3 Å². The number of nitrogens with zero attached hydrogens (tertiary/aromatic N) is 3. The number of sulfone groups is 1. The smallest absolute Gasteiger partial charge is 0.147 e. The van der Waals surface area contributed by atoms with Gasteiger partial charge in [0.25, 0.3) is 0 Å². The Kier molecular flexibility index (Phi) is 7.56. The molecule has 0 saturated carbocycles. The molecule has 0 aliphatic carbocycles. The third-order valence-corrected chi connectivity index (χ3v) is 6.66. The summed E-state index contributed by atoms with van der Waals surface area (Å²) in [4.78, 5) is 9.09. The van der Waals surface area contributed by atoms with Crippen molar-refractivity contribution in [1.82, 2.24) is 9.97 Å². The van der Waals surface area contributed by atoms with Crippen LogP contribution in [0.15, 0.2) is 54.7 Å². The molecule has 34 heavy (non-hydrogen) atoms. The zero-order chi connectivity index (χ0) is 24.0. The van der Waals surface area contributed by atoms with Gasteiger partial charge in [-0.3, -0.25) is 0 Å². The first-order valence-electron chi connectivity index (χ1n) is 11.3. The average molecular weight is 478 g/mol. The second kappa shape index (κ2) is 10.8. The van der Waals surface area contributed by atoms with Crippen LogP contribution in [0.2, 0.25) is 0 Å². The monoisotopic (exact) mass is 477 g/mol. The first kappa shape index (κ1) is 23.9. The minimum absolute atomic E-state index is 0.0649. The van der Waals surface area contributed by atoms with Crippen LogP contribution in [0.4, 0.5) is 0 Å². The van der Waals surface area contributed by atoms with Gasteiger partial charge >= 0.3 is 0 Å². The summed E-state index contributed by atoms with van der Waals surface area (Å²) in [5.41, 5.74) is 4.07. The molecule has 176 valence electrons. The highest BCUT2D eigenvalue weighted by Gasteiger charge is 2.17. The number of aryl methyl sites for hydroxylation is 1. The second-order valence-electron chi connectivity index (χ2n) is 8.48. The quantitative estimate of drug-likeness (QED) is 0.487. The summed E-state index contributed by atoms with van der Waals surface area (Å²) in [7, 11) is -2.98. The topological polar surface area (TPSA) is 102 Å². The van der Waals surface area contributed by atoms with Crippen LogP contribution in [-0.4, -0.2) is 49.7 Å².